The normalized spacial score (nSPS) is 20.3. The molecular weight excluding hydrogens is 154 g/mol. The SMILES string of the molecule is CCC(C)CN1C(=O)CCC1=O. The Labute approximate surface area is 72.7 Å². The summed E-state index contributed by atoms with van der Waals surface area (Å²) in [6, 6.07) is 0. The molecule has 1 saturated heterocycles. The van der Waals surface area contributed by atoms with Crippen molar-refractivity contribution in [3.8, 4) is 0 Å². The lowest BCUT2D eigenvalue weighted by Gasteiger charge is -2.17. The van der Waals surface area contributed by atoms with Crippen LogP contribution in [0.4, 0.5) is 0 Å². The number of likely N-dealkylation sites (tertiary alicyclic amines) is 1. The maximum Gasteiger partial charge on any atom is 0.229 e. The lowest BCUT2D eigenvalue weighted by atomic mass is 10.1. The van der Waals surface area contributed by atoms with Crippen LogP contribution in [0.2, 0.25) is 0 Å². The van der Waals surface area contributed by atoms with Gasteiger partial charge in [-0.1, -0.05) is 20.3 Å². The molecule has 1 aliphatic rings. The number of nitrogens with zero attached hydrogens (tertiary/aromatic N) is 1. The van der Waals surface area contributed by atoms with E-state index >= 15 is 0 Å². The number of amides is 2. The fraction of sp³-hybridized carbons (Fsp3) is 0.778. The first-order valence-electron chi connectivity index (χ1n) is 4.48. The van der Waals surface area contributed by atoms with Crippen LogP contribution in [0.5, 0.6) is 0 Å². The Hall–Kier alpha value is -0.860. The number of rotatable bonds is 3. The van der Waals surface area contributed by atoms with Crippen LogP contribution in [-0.2, 0) is 9.59 Å². The van der Waals surface area contributed by atoms with Gasteiger partial charge in [0.15, 0.2) is 0 Å². The highest BCUT2D eigenvalue weighted by atomic mass is 16.2. The zero-order valence-electron chi connectivity index (χ0n) is 7.67. The zero-order valence-corrected chi connectivity index (χ0v) is 7.67. The molecule has 0 bridgehead atoms. The number of carbonyl (C=O) groups excluding carboxylic acids is 2. The van der Waals surface area contributed by atoms with Crippen molar-refractivity contribution in [1.82, 2.24) is 4.90 Å². The van der Waals surface area contributed by atoms with Gasteiger partial charge in [0.05, 0.1) is 0 Å². The Bertz CT molecular complexity index is 185. The van der Waals surface area contributed by atoms with Crippen molar-refractivity contribution < 1.29 is 9.59 Å². The Morgan fingerprint density at radius 1 is 1.33 bits per heavy atom. The van der Waals surface area contributed by atoms with E-state index in [1.54, 1.807) is 0 Å². The molecule has 1 heterocycles. The van der Waals surface area contributed by atoms with Gasteiger partial charge in [0, 0.05) is 19.4 Å². The largest absolute Gasteiger partial charge is 0.282 e. The van der Waals surface area contributed by atoms with E-state index in [0.29, 0.717) is 25.3 Å². The monoisotopic (exact) mass is 169 g/mol. The molecule has 68 valence electrons. The predicted molar refractivity (Wildman–Crippen MR) is 45.4 cm³/mol. The standard InChI is InChI=1S/C9H15NO2/c1-3-7(2)6-10-8(11)4-5-9(10)12/h7H,3-6H2,1-2H3. The van der Waals surface area contributed by atoms with E-state index in [9.17, 15) is 9.59 Å². The van der Waals surface area contributed by atoms with Crippen molar-refractivity contribution in [3.63, 3.8) is 0 Å². The van der Waals surface area contributed by atoms with Crippen LogP contribution in [0.25, 0.3) is 0 Å². The molecule has 1 aliphatic heterocycles. The van der Waals surface area contributed by atoms with Gasteiger partial charge in [0.2, 0.25) is 11.8 Å². The summed E-state index contributed by atoms with van der Waals surface area (Å²) in [7, 11) is 0. The molecule has 0 spiro atoms. The van der Waals surface area contributed by atoms with Gasteiger partial charge in [0.1, 0.15) is 0 Å². The van der Waals surface area contributed by atoms with Crippen molar-refractivity contribution >= 4 is 11.8 Å². The zero-order chi connectivity index (χ0) is 9.14. The van der Waals surface area contributed by atoms with Gasteiger partial charge in [-0.25, -0.2) is 0 Å². The van der Waals surface area contributed by atoms with Crippen LogP contribution in [0, 0.1) is 5.92 Å². The summed E-state index contributed by atoms with van der Waals surface area (Å²) in [6.07, 6.45) is 1.83. The van der Waals surface area contributed by atoms with Gasteiger partial charge < -0.3 is 0 Å². The van der Waals surface area contributed by atoms with Gasteiger partial charge in [0.25, 0.3) is 0 Å². The average molecular weight is 169 g/mol. The van der Waals surface area contributed by atoms with Crippen LogP contribution in [0.15, 0.2) is 0 Å². The first kappa shape index (κ1) is 9.23. The third-order valence-corrected chi connectivity index (χ3v) is 2.35. The molecule has 0 saturated carbocycles. The van der Waals surface area contributed by atoms with Crippen LogP contribution in [0.1, 0.15) is 33.1 Å². The van der Waals surface area contributed by atoms with Crippen molar-refractivity contribution in [1.29, 1.82) is 0 Å². The van der Waals surface area contributed by atoms with E-state index in [2.05, 4.69) is 13.8 Å². The Morgan fingerprint density at radius 2 is 1.83 bits per heavy atom. The molecule has 3 nitrogen and oxygen atoms in total. The van der Waals surface area contributed by atoms with Gasteiger partial charge >= 0.3 is 0 Å². The summed E-state index contributed by atoms with van der Waals surface area (Å²) in [4.78, 5) is 23.7. The summed E-state index contributed by atoms with van der Waals surface area (Å²) in [5.41, 5.74) is 0. The maximum absolute atomic E-state index is 11.1. The number of hydrogen-bond donors (Lipinski definition) is 0. The van der Waals surface area contributed by atoms with Gasteiger partial charge in [-0.15, -0.1) is 0 Å². The second-order valence-electron chi connectivity index (χ2n) is 3.41. The van der Waals surface area contributed by atoms with E-state index < -0.39 is 0 Å². The fourth-order valence-corrected chi connectivity index (χ4v) is 1.27. The molecule has 0 aromatic rings. The topological polar surface area (TPSA) is 37.4 Å². The van der Waals surface area contributed by atoms with E-state index in [1.807, 2.05) is 0 Å². The number of hydrogen-bond acceptors (Lipinski definition) is 2. The molecule has 0 aromatic carbocycles. The van der Waals surface area contributed by atoms with Crippen LogP contribution >= 0.6 is 0 Å². The van der Waals surface area contributed by atoms with Gasteiger partial charge in [-0.05, 0) is 5.92 Å². The minimum Gasteiger partial charge on any atom is -0.282 e. The van der Waals surface area contributed by atoms with Gasteiger partial charge in [-0.2, -0.15) is 0 Å². The summed E-state index contributed by atoms with van der Waals surface area (Å²) < 4.78 is 0. The second kappa shape index (κ2) is 3.70. The molecule has 12 heavy (non-hydrogen) atoms. The van der Waals surface area contributed by atoms with Gasteiger partial charge in [-0.3, -0.25) is 14.5 Å². The number of carbonyl (C=O) groups is 2. The molecule has 1 rings (SSSR count). The molecule has 1 fully saturated rings. The minimum absolute atomic E-state index is 0.000278. The lowest BCUT2D eigenvalue weighted by molar-refractivity contribution is -0.139. The van der Waals surface area contributed by atoms with Crippen LogP contribution < -0.4 is 0 Å². The number of imide groups is 1. The van der Waals surface area contributed by atoms with E-state index in [4.69, 9.17) is 0 Å². The van der Waals surface area contributed by atoms with Crippen molar-refractivity contribution in [2.75, 3.05) is 6.54 Å². The van der Waals surface area contributed by atoms with Crippen LogP contribution in [-0.4, -0.2) is 23.3 Å². The predicted octanol–water partition coefficient (Wildman–Crippen LogP) is 1.18. The Kier molecular flexibility index (Phi) is 2.84. The summed E-state index contributed by atoms with van der Waals surface area (Å²) >= 11 is 0. The summed E-state index contributed by atoms with van der Waals surface area (Å²) in [6.45, 7) is 4.72. The molecule has 0 N–H and O–H groups in total. The lowest BCUT2D eigenvalue weighted by Crippen LogP contribution is -2.33. The van der Waals surface area contributed by atoms with Crippen LogP contribution in [0.3, 0.4) is 0 Å². The van der Waals surface area contributed by atoms with E-state index in [-0.39, 0.29) is 11.8 Å². The molecule has 1 unspecified atom stereocenters. The van der Waals surface area contributed by atoms with E-state index in [0.717, 1.165) is 6.42 Å². The quantitative estimate of drug-likeness (QED) is 0.595. The molecule has 3 heteroatoms. The third kappa shape index (κ3) is 1.84. The van der Waals surface area contributed by atoms with Crippen molar-refractivity contribution in [3.05, 3.63) is 0 Å². The first-order chi connectivity index (χ1) is 5.65. The van der Waals surface area contributed by atoms with Crippen molar-refractivity contribution in [2.45, 2.75) is 33.1 Å². The average Bonchev–Trinajstić information content (AvgIpc) is 2.35. The van der Waals surface area contributed by atoms with Crippen molar-refractivity contribution in [2.24, 2.45) is 5.92 Å². The highest BCUT2D eigenvalue weighted by Crippen LogP contribution is 2.14. The third-order valence-electron chi connectivity index (χ3n) is 2.35. The second-order valence-corrected chi connectivity index (χ2v) is 3.41. The minimum atomic E-state index is 0.000278. The highest BCUT2D eigenvalue weighted by molar-refractivity contribution is 6.01. The smallest absolute Gasteiger partial charge is 0.229 e. The first-order valence-corrected chi connectivity index (χ1v) is 4.48. The molecule has 0 radical (unpaired) electrons. The maximum atomic E-state index is 11.1. The van der Waals surface area contributed by atoms with E-state index in [1.165, 1.54) is 4.90 Å². The fourth-order valence-electron chi connectivity index (χ4n) is 1.27. The Balaban J connectivity index is 2.50. The summed E-state index contributed by atoms with van der Waals surface area (Å²) in [5.74, 6) is 0.427. The summed E-state index contributed by atoms with van der Waals surface area (Å²) in [5, 5.41) is 0. The molecule has 0 aliphatic carbocycles. The highest BCUT2D eigenvalue weighted by Gasteiger charge is 2.29. The molecular formula is C9H15NO2. The molecule has 1 atom stereocenters. The molecule has 0 aromatic heterocycles. The molecule has 2 amide bonds. The Morgan fingerprint density at radius 3 is 2.25 bits per heavy atom.